The first-order chi connectivity index (χ1) is 15.5. The number of benzene rings is 2. The first kappa shape index (κ1) is 23.0. The minimum absolute atomic E-state index is 0.0704. The highest BCUT2D eigenvalue weighted by atomic mass is 16.5. The Labute approximate surface area is 186 Å². The van der Waals surface area contributed by atoms with Gasteiger partial charge < -0.3 is 34.3 Å². The second-order valence-electron chi connectivity index (χ2n) is 6.92. The molecule has 1 heterocycles. The predicted octanol–water partition coefficient (Wildman–Crippen LogP) is 2.05. The van der Waals surface area contributed by atoms with E-state index in [2.05, 4.69) is 5.32 Å². The van der Waals surface area contributed by atoms with Crippen LogP contribution in [0.1, 0.15) is 0 Å². The monoisotopic (exact) mass is 442 g/mol. The topological polar surface area (TPSA) is 107 Å². The van der Waals surface area contributed by atoms with Gasteiger partial charge in [0.2, 0.25) is 5.75 Å². The van der Waals surface area contributed by atoms with Crippen LogP contribution in [0.25, 0.3) is 11.1 Å². The summed E-state index contributed by atoms with van der Waals surface area (Å²) in [4.78, 5) is 26.3. The average molecular weight is 442 g/mol. The number of nitrogens with one attached hydrogen (secondary N) is 1. The zero-order valence-corrected chi connectivity index (χ0v) is 18.4. The average Bonchev–Trinajstić information content (AvgIpc) is 3.12. The lowest BCUT2D eigenvalue weighted by Crippen LogP contribution is -2.31. The molecule has 0 saturated carbocycles. The summed E-state index contributed by atoms with van der Waals surface area (Å²) in [5, 5.41) is 12.3. The molecule has 3 rings (SSSR count). The summed E-state index contributed by atoms with van der Waals surface area (Å²) in [6, 6.07) is 11.0. The van der Waals surface area contributed by atoms with Crippen molar-refractivity contribution in [1.82, 2.24) is 4.90 Å². The van der Waals surface area contributed by atoms with Crippen LogP contribution in [-0.2, 0) is 14.3 Å². The summed E-state index contributed by atoms with van der Waals surface area (Å²) in [6.45, 7) is -0.0129. The third-order valence-electron chi connectivity index (χ3n) is 5.08. The number of ether oxygens (including phenoxy) is 4. The number of carbonyl (C=O) groups is 2. The van der Waals surface area contributed by atoms with Crippen molar-refractivity contribution < 1.29 is 33.6 Å². The molecule has 2 N–H and O–H groups in total. The number of hydrogen-bond donors (Lipinski definition) is 2. The molecule has 2 aromatic carbocycles. The van der Waals surface area contributed by atoms with E-state index in [4.69, 9.17) is 18.9 Å². The number of β-amino-alcohol motifs (C(OH)–C–C–N with tert-alkyl or cyclic N) is 1. The van der Waals surface area contributed by atoms with E-state index in [0.29, 0.717) is 22.9 Å². The van der Waals surface area contributed by atoms with Crippen LogP contribution in [0.15, 0.2) is 47.7 Å². The third kappa shape index (κ3) is 4.47. The van der Waals surface area contributed by atoms with E-state index in [1.165, 1.54) is 19.1 Å². The van der Waals surface area contributed by atoms with Gasteiger partial charge in [-0.15, -0.1) is 0 Å². The van der Waals surface area contributed by atoms with Crippen molar-refractivity contribution in [2.75, 3.05) is 53.5 Å². The lowest BCUT2D eigenvalue weighted by molar-refractivity contribution is -0.136. The fraction of sp³-hybridized carbons (Fsp3) is 0.304. The Morgan fingerprint density at radius 3 is 2.28 bits per heavy atom. The number of hydrogen-bond acceptors (Lipinski definition) is 8. The Balaban J connectivity index is 1.97. The number of rotatable bonds is 9. The molecular weight excluding hydrogens is 416 g/mol. The molecule has 170 valence electrons. The van der Waals surface area contributed by atoms with Gasteiger partial charge in [0.15, 0.2) is 11.5 Å². The van der Waals surface area contributed by atoms with Crippen molar-refractivity contribution >= 4 is 17.6 Å². The summed E-state index contributed by atoms with van der Waals surface area (Å²) >= 11 is 0. The number of aliphatic hydroxyl groups excluding tert-OH is 1. The van der Waals surface area contributed by atoms with Gasteiger partial charge in [-0.25, -0.2) is 4.79 Å². The minimum atomic E-state index is -0.595. The molecule has 0 aromatic heterocycles. The molecule has 32 heavy (non-hydrogen) atoms. The van der Waals surface area contributed by atoms with Crippen LogP contribution in [0.2, 0.25) is 0 Å². The number of nitrogens with zero attached hydrogens (tertiary/aromatic N) is 1. The van der Waals surface area contributed by atoms with Gasteiger partial charge in [-0.3, -0.25) is 4.79 Å². The van der Waals surface area contributed by atoms with Crippen LogP contribution < -0.4 is 19.5 Å². The van der Waals surface area contributed by atoms with E-state index in [-0.39, 0.29) is 36.9 Å². The van der Waals surface area contributed by atoms with Crippen LogP contribution in [0.5, 0.6) is 17.2 Å². The standard InChI is InChI=1S/C23H26N2O7/c1-29-18-11-15(12-19(30-2)21(18)31-3)14-6-5-7-16(10-14)24-20-17(23(28)32-4)13-25(8-9-26)22(20)27/h5-7,10-12,24,26H,8-9,13H2,1-4H3. The Bertz CT molecular complexity index is 1020. The first-order valence-corrected chi connectivity index (χ1v) is 9.86. The fourth-order valence-corrected chi connectivity index (χ4v) is 3.52. The molecule has 2 aromatic rings. The summed E-state index contributed by atoms with van der Waals surface area (Å²) in [5.41, 5.74) is 2.58. The largest absolute Gasteiger partial charge is 0.493 e. The van der Waals surface area contributed by atoms with Gasteiger partial charge in [0.25, 0.3) is 5.91 Å². The molecule has 0 aliphatic carbocycles. The maximum atomic E-state index is 12.8. The molecule has 9 heteroatoms. The van der Waals surface area contributed by atoms with Gasteiger partial charge in [0.05, 0.1) is 47.2 Å². The molecule has 0 unspecified atom stereocenters. The molecule has 0 spiro atoms. The minimum Gasteiger partial charge on any atom is -0.493 e. The van der Waals surface area contributed by atoms with Crippen LogP contribution >= 0.6 is 0 Å². The number of anilines is 1. The Morgan fingerprint density at radius 2 is 1.72 bits per heavy atom. The predicted molar refractivity (Wildman–Crippen MR) is 118 cm³/mol. The second-order valence-corrected chi connectivity index (χ2v) is 6.92. The van der Waals surface area contributed by atoms with E-state index in [1.54, 1.807) is 20.3 Å². The SMILES string of the molecule is COC(=O)C1=C(Nc2cccc(-c3cc(OC)c(OC)c(OC)c3)c2)C(=O)N(CCO)C1. The van der Waals surface area contributed by atoms with Gasteiger partial charge in [0.1, 0.15) is 5.70 Å². The van der Waals surface area contributed by atoms with Crippen LogP contribution in [0.3, 0.4) is 0 Å². The summed E-state index contributed by atoms with van der Waals surface area (Å²) in [5.74, 6) is 0.546. The van der Waals surface area contributed by atoms with Crippen LogP contribution in [-0.4, -0.2) is 70.0 Å². The van der Waals surface area contributed by atoms with E-state index in [0.717, 1.165) is 11.1 Å². The summed E-state index contributed by atoms with van der Waals surface area (Å²) in [7, 11) is 5.89. The number of aliphatic hydroxyl groups is 1. The number of amides is 1. The second kappa shape index (κ2) is 10.1. The molecule has 1 aliphatic heterocycles. The third-order valence-corrected chi connectivity index (χ3v) is 5.08. The van der Waals surface area contributed by atoms with E-state index < -0.39 is 5.97 Å². The van der Waals surface area contributed by atoms with E-state index in [1.807, 2.05) is 30.3 Å². The maximum Gasteiger partial charge on any atom is 0.337 e. The Morgan fingerprint density at radius 1 is 1.03 bits per heavy atom. The molecule has 0 fully saturated rings. The Kier molecular flexibility index (Phi) is 7.21. The van der Waals surface area contributed by atoms with Crippen molar-refractivity contribution in [2.24, 2.45) is 0 Å². The molecule has 0 atom stereocenters. The van der Waals surface area contributed by atoms with Gasteiger partial charge in [-0.1, -0.05) is 12.1 Å². The summed E-state index contributed by atoms with van der Waals surface area (Å²) in [6.07, 6.45) is 0. The maximum absolute atomic E-state index is 12.8. The van der Waals surface area contributed by atoms with Gasteiger partial charge in [0, 0.05) is 12.2 Å². The molecule has 0 saturated heterocycles. The van der Waals surface area contributed by atoms with Crippen LogP contribution in [0.4, 0.5) is 5.69 Å². The van der Waals surface area contributed by atoms with E-state index in [9.17, 15) is 14.7 Å². The zero-order valence-electron chi connectivity index (χ0n) is 18.4. The zero-order chi connectivity index (χ0) is 23.3. The highest BCUT2D eigenvalue weighted by molar-refractivity contribution is 6.08. The quantitative estimate of drug-likeness (QED) is 0.569. The van der Waals surface area contributed by atoms with Gasteiger partial charge in [-0.05, 0) is 35.4 Å². The van der Waals surface area contributed by atoms with Crippen molar-refractivity contribution in [3.63, 3.8) is 0 Å². The first-order valence-electron chi connectivity index (χ1n) is 9.86. The number of carbonyl (C=O) groups excluding carboxylic acids is 2. The van der Waals surface area contributed by atoms with Crippen molar-refractivity contribution in [2.45, 2.75) is 0 Å². The molecule has 1 aliphatic rings. The summed E-state index contributed by atoms with van der Waals surface area (Å²) < 4.78 is 21.1. The molecule has 1 amide bonds. The van der Waals surface area contributed by atoms with Crippen molar-refractivity contribution in [1.29, 1.82) is 0 Å². The fourth-order valence-electron chi connectivity index (χ4n) is 3.52. The highest BCUT2D eigenvalue weighted by Gasteiger charge is 2.34. The van der Waals surface area contributed by atoms with Gasteiger partial charge in [-0.2, -0.15) is 0 Å². The van der Waals surface area contributed by atoms with E-state index >= 15 is 0 Å². The molecule has 9 nitrogen and oxygen atoms in total. The normalized spacial score (nSPS) is 13.3. The Hall–Kier alpha value is -3.72. The van der Waals surface area contributed by atoms with Crippen molar-refractivity contribution in [3.05, 3.63) is 47.7 Å². The van der Waals surface area contributed by atoms with Crippen molar-refractivity contribution in [3.8, 4) is 28.4 Å². The lowest BCUT2D eigenvalue weighted by Gasteiger charge is -2.16. The molecular formula is C23H26N2O7. The number of esters is 1. The smallest absolute Gasteiger partial charge is 0.337 e. The van der Waals surface area contributed by atoms with Crippen LogP contribution in [0, 0.1) is 0 Å². The number of methoxy groups -OCH3 is 4. The lowest BCUT2D eigenvalue weighted by atomic mass is 10.0. The van der Waals surface area contributed by atoms with Gasteiger partial charge >= 0.3 is 5.97 Å². The highest BCUT2D eigenvalue weighted by Crippen LogP contribution is 2.41. The molecule has 0 radical (unpaired) electrons. The molecule has 0 bridgehead atoms.